The summed E-state index contributed by atoms with van der Waals surface area (Å²) >= 11 is 12.4. The Balaban J connectivity index is 2.22. The van der Waals surface area contributed by atoms with Gasteiger partial charge in [0.15, 0.2) is 11.5 Å². The van der Waals surface area contributed by atoms with Crippen molar-refractivity contribution in [2.75, 3.05) is 13.2 Å². The molecule has 0 aromatic heterocycles. The summed E-state index contributed by atoms with van der Waals surface area (Å²) in [6.07, 6.45) is -0.370. The molecule has 0 spiro atoms. The minimum Gasteiger partial charge on any atom is -0.434 e. The van der Waals surface area contributed by atoms with Gasteiger partial charge in [0, 0.05) is 31.6 Å². The van der Waals surface area contributed by atoms with Crippen LogP contribution in [0.5, 0.6) is 11.5 Å². The van der Waals surface area contributed by atoms with Crippen molar-refractivity contribution in [2.45, 2.75) is 26.7 Å². The van der Waals surface area contributed by atoms with Crippen LogP contribution in [-0.2, 0) is 9.47 Å². The maximum absolute atomic E-state index is 12.2. The molecule has 0 unspecified atom stereocenters. The topological polar surface area (TPSA) is 71.1 Å². The van der Waals surface area contributed by atoms with Gasteiger partial charge >= 0.3 is 12.3 Å². The normalized spacial score (nSPS) is 10.8. The molecule has 158 valence electrons. The molecule has 0 saturated carbocycles. The highest BCUT2D eigenvalue weighted by molar-refractivity contribution is 6.33. The highest BCUT2D eigenvalue weighted by Gasteiger charge is 2.22. The molecule has 0 N–H and O–H groups in total. The van der Waals surface area contributed by atoms with E-state index in [2.05, 4.69) is 0 Å². The van der Waals surface area contributed by atoms with Crippen LogP contribution in [0.15, 0.2) is 36.4 Å². The van der Waals surface area contributed by atoms with Crippen LogP contribution in [0.4, 0.5) is 9.59 Å². The number of rotatable bonds is 6. The molecule has 8 heteroatoms. The Bertz CT molecular complexity index is 1010. The molecule has 3 rings (SSSR count). The van der Waals surface area contributed by atoms with Gasteiger partial charge in [-0.1, -0.05) is 37.0 Å². The maximum atomic E-state index is 12.2. The summed E-state index contributed by atoms with van der Waals surface area (Å²) in [4.78, 5) is 24.4. The van der Waals surface area contributed by atoms with Crippen LogP contribution in [0.25, 0.3) is 21.5 Å². The molecule has 0 fully saturated rings. The third-order valence-corrected chi connectivity index (χ3v) is 4.63. The van der Waals surface area contributed by atoms with E-state index < -0.39 is 12.3 Å². The molecule has 0 bridgehead atoms. The standard InChI is InChI=1S/C22H20Cl2O6/c1-3-9-27-21(25)29-19-15-7-5-14(24)12-18(15)20(30-22(26)28-10-4-2)16-8-6-13(23)11-17(16)19/h5-8,11-12H,3-4,9-10H2,1-2H3. The van der Waals surface area contributed by atoms with Gasteiger partial charge in [0.05, 0.1) is 13.2 Å². The second-order valence-corrected chi connectivity index (χ2v) is 7.31. The lowest BCUT2D eigenvalue weighted by atomic mass is 10.0. The molecule has 0 aliphatic heterocycles. The third kappa shape index (κ3) is 4.89. The van der Waals surface area contributed by atoms with Gasteiger partial charge in [-0.2, -0.15) is 0 Å². The summed E-state index contributed by atoms with van der Waals surface area (Å²) in [6.45, 7) is 4.21. The number of halogens is 2. The molecular weight excluding hydrogens is 431 g/mol. The Labute approximate surface area is 183 Å². The Hall–Kier alpha value is -2.70. The van der Waals surface area contributed by atoms with E-state index in [0.717, 1.165) is 0 Å². The predicted molar refractivity (Wildman–Crippen MR) is 116 cm³/mol. The molecule has 30 heavy (non-hydrogen) atoms. The van der Waals surface area contributed by atoms with Crippen LogP contribution < -0.4 is 9.47 Å². The van der Waals surface area contributed by atoms with E-state index in [1.54, 1.807) is 36.4 Å². The average Bonchev–Trinajstić information content (AvgIpc) is 2.72. The fraction of sp³-hybridized carbons (Fsp3) is 0.273. The molecule has 0 aliphatic carbocycles. The van der Waals surface area contributed by atoms with Crippen LogP contribution in [-0.4, -0.2) is 25.5 Å². The van der Waals surface area contributed by atoms with Crippen molar-refractivity contribution >= 4 is 57.1 Å². The monoisotopic (exact) mass is 450 g/mol. The summed E-state index contributed by atoms with van der Waals surface area (Å²) in [5.41, 5.74) is 0. The second kappa shape index (κ2) is 9.87. The average molecular weight is 451 g/mol. The number of carbonyl (C=O) groups excluding carboxylic acids is 2. The van der Waals surface area contributed by atoms with Crippen molar-refractivity contribution in [2.24, 2.45) is 0 Å². The Morgan fingerprint density at radius 2 is 1.10 bits per heavy atom. The van der Waals surface area contributed by atoms with Crippen molar-refractivity contribution in [3.05, 3.63) is 46.4 Å². The molecule has 0 radical (unpaired) electrons. The third-order valence-electron chi connectivity index (χ3n) is 4.16. The van der Waals surface area contributed by atoms with E-state index in [1.807, 2.05) is 13.8 Å². The van der Waals surface area contributed by atoms with Crippen LogP contribution in [0, 0.1) is 0 Å². The van der Waals surface area contributed by atoms with Crippen LogP contribution in [0.2, 0.25) is 10.0 Å². The van der Waals surface area contributed by atoms with E-state index >= 15 is 0 Å². The van der Waals surface area contributed by atoms with Crippen LogP contribution in [0.3, 0.4) is 0 Å². The Morgan fingerprint density at radius 3 is 1.47 bits per heavy atom. The van der Waals surface area contributed by atoms with Crippen LogP contribution in [0.1, 0.15) is 26.7 Å². The first-order chi connectivity index (χ1) is 14.4. The number of carbonyl (C=O) groups is 2. The van der Waals surface area contributed by atoms with Crippen LogP contribution >= 0.6 is 23.2 Å². The van der Waals surface area contributed by atoms with Gasteiger partial charge in [-0.15, -0.1) is 0 Å². The van der Waals surface area contributed by atoms with Gasteiger partial charge in [-0.3, -0.25) is 0 Å². The SMILES string of the molecule is CCCOC(=O)Oc1c2ccc(Cl)cc2c(OC(=O)OCCC)c2ccc(Cl)cc12. The lowest BCUT2D eigenvalue weighted by Crippen LogP contribution is -2.13. The summed E-state index contributed by atoms with van der Waals surface area (Å²) in [5.74, 6) is 0.462. The number of benzene rings is 3. The van der Waals surface area contributed by atoms with Crippen molar-refractivity contribution in [1.82, 2.24) is 0 Å². The van der Waals surface area contributed by atoms with Crippen molar-refractivity contribution in [1.29, 1.82) is 0 Å². The molecular formula is C22H20Cl2O6. The minimum absolute atomic E-state index is 0.228. The Morgan fingerprint density at radius 1 is 0.700 bits per heavy atom. The summed E-state index contributed by atoms with van der Waals surface area (Å²) in [5, 5.41) is 2.79. The zero-order valence-corrected chi connectivity index (χ0v) is 18.0. The largest absolute Gasteiger partial charge is 0.513 e. The summed E-state index contributed by atoms with van der Waals surface area (Å²) < 4.78 is 21.2. The molecule has 0 amide bonds. The van der Waals surface area contributed by atoms with E-state index in [9.17, 15) is 9.59 Å². The highest BCUT2D eigenvalue weighted by atomic mass is 35.5. The van der Waals surface area contributed by atoms with Crippen molar-refractivity contribution < 1.29 is 28.5 Å². The first kappa shape index (κ1) is 22.0. The smallest absolute Gasteiger partial charge is 0.434 e. The minimum atomic E-state index is -0.842. The Kier molecular flexibility index (Phi) is 7.24. The lowest BCUT2D eigenvalue weighted by Gasteiger charge is -2.16. The quantitative estimate of drug-likeness (QED) is 0.225. The molecule has 0 heterocycles. The molecule has 3 aromatic carbocycles. The molecule has 6 nitrogen and oxygen atoms in total. The number of fused-ring (bicyclic) bond motifs is 2. The second-order valence-electron chi connectivity index (χ2n) is 6.44. The van der Waals surface area contributed by atoms with Gasteiger partial charge in [0.2, 0.25) is 0 Å². The maximum Gasteiger partial charge on any atom is 0.513 e. The van der Waals surface area contributed by atoms with Gasteiger partial charge in [0.25, 0.3) is 0 Å². The fourth-order valence-electron chi connectivity index (χ4n) is 2.91. The predicted octanol–water partition coefficient (Wildman–Crippen LogP) is 7.15. The zero-order valence-electron chi connectivity index (χ0n) is 16.5. The number of ether oxygens (including phenoxy) is 4. The van der Waals surface area contributed by atoms with E-state index in [0.29, 0.717) is 44.4 Å². The number of hydrogen-bond acceptors (Lipinski definition) is 6. The molecule has 3 aromatic rings. The lowest BCUT2D eigenvalue weighted by molar-refractivity contribution is 0.0984. The fourth-order valence-corrected chi connectivity index (χ4v) is 3.26. The van der Waals surface area contributed by atoms with Crippen molar-refractivity contribution in [3.8, 4) is 11.5 Å². The summed E-state index contributed by atoms with van der Waals surface area (Å²) in [7, 11) is 0. The molecule has 0 aliphatic rings. The van der Waals surface area contributed by atoms with Gasteiger partial charge in [0.1, 0.15) is 0 Å². The molecule has 0 atom stereocenters. The highest BCUT2D eigenvalue weighted by Crippen LogP contribution is 2.44. The van der Waals surface area contributed by atoms with Gasteiger partial charge < -0.3 is 18.9 Å². The number of hydrogen-bond donors (Lipinski definition) is 0. The van der Waals surface area contributed by atoms with Gasteiger partial charge in [-0.05, 0) is 49.2 Å². The first-order valence-corrected chi connectivity index (χ1v) is 10.2. The van der Waals surface area contributed by atoms with E-state index in [1.165, 1.54) is 0 Å². The summed E-state index contributed by atoms with van der Waals surface area (Å²) in [6, 6.07) is 9.87. The first-order valence-electron chi connectivity index (χ1n) is 9.48. The van der Waals surface area contributed by atoms with E-state index in [-0.39, 0.29) is 24.7 Å². The molecule has 0 saturated heterocycles. The van der Waals surface area contributed by atoms with Crippen molar-refractivity contribution in [3.63, 3.8) is 0 Å². The zero-order chi connectivity index (χ0) is 21.7. The van der Waals surface area contributed by atoms with E-state index in [4.69, 9.17) is 42.1 Å². The van der Waals surface area contributed by atoms with Gasteiger partial charge in [-0.25, -0.2) is 9.59 Å².